The Hall–Kier alpha value is -1.66. The van der Waals surface area contributed by atoms with E-state index in [1.165, 1.54) is 180 Å². The molecule has 0 bridgehead atoms. The summed E-state index contributed by atoms with van der Waals surface area (Å²) in [5.41, 5.74) is 0. The third-order valence-electron chi connectivity index (χ3n) is 12.0. The summed E-state index contributed by atoms with van der Waals surface area (Å²) >= 11 is 0. The number of hydrogen-bond donors (Lipinski definition) is 3. The average Bonchev–Trinajstić information content (AvgIpc) is 3.24. The number of carbonyl (C=O) groups excluding carboxylic acids is 2. The molecule has 0 radical (unpaired) electrons. The van der Waals surface area contributed by atoms with E-state index in [1.54, 1.807) is 6.08 Å². The van der Waals surface area contributed by atoms with Crippen molar-refractivity contribution >= 4 is 11.9 Å². The summed E-state index contributed by atoms with van der Waals surface area (Å²) in [7, 11) is 0. The van der Waals surface area contributed by atoms with Gasteiger partial charge in [-0.15, -0.1) is 0 Å². The molecule has 0 aliphatic heterocycles. The van der Waals surface area contributed by atoms with Crippen LogP contribution in [0, 0.1) is 0 Å². The molecule has 59 heavy (non-hydrogen) atoms. The first-order valence-corrected chi connectivity index (χ1v) is 26.1. The maximum absolute atomic E-state index is 12.4. The summed E-state index contributed by atoms with van der Waals surface area (Å²) < 4.78 is 5.46. The fourth-order valence-corrected chi connectivity index (χ4v) is 7.92. The molecule has 0 spiro atoms. The molecule has 1 amide bonds. The van der Waals surface area contributed by atoms with Gasteiger partial charge < -0.3 is 20.3 Å². The van der Waals surface area contributed by atoms with Gasteiger partial charge in [-0.05, 0) is 57.8 Å². The van der Waals surface area contributed by atoms with Gasteiger partial charge in [-0.2, -0.15) is 0 Å². The van der Waals surface area contributed by atoms with E-state index in [9.17, 15) is 19.8 Å². The number of carbonyl (C=O) groups is 2. The van der Waals surface area contributed by atoms with E-state index in [4.69, 9.17) is 4.74 Å². The van der Waals surface area contributed by atoms with E-state index < -0.39 is 12.1 Å². The van der Waals surface area contributed by atoms with E-state index in [1.807, 2.05) is 6.08 Å². The minimum Gasteiger partial charge on any atom is -0.466 e. The van der Waals surface area contributed by atoms with Gasteiger partial charge in [-0.25, -0.2) is 0 Å². The van der Waals surface area contributed by atoms with Crippen molar-refractivity contribution in [1.82, 2.24) is 5.32 Å². The van der Waals surface area contributed by atoms with Crippen LogP contribution < -0.4 is 5.32 Å². The number of amides is 1. The van der Waals surface area contributed by atoms with E-state index in [2.05, 4.69) is 31.3 Å². The van der Waals surface area contributed by atoms with Crippen molar-refractivity contribution in [2.24, 2.45) is 0 Å². The summed E-state index contributed by atoms with van der Waals surface area (Å²) in [5.74, 6) is -0.0926. The lowest BCUT2D eigenvalue weighted by molar-refractivity contribution is -0.143. The van der Waals surface area contributed by atoms with Crippen LogP contribution in [0.5, 0.6) is 0 Å². The highest BCUT2D eigenvalue weighted by Gasteiger charge is 2.18. The minimum absolute atomic E-state index is 0.00874. The molecule has 348 valence electrons. The Balaban J connectivity index is 3.48. The zero-order chi connectivity index (χ0) is 43.0. The highest BCUT2D eigenvalue weighted by Crippen LogP contribution is 2.16. The van der Waals surface area contributed by atoms with E-state index in [-0.39, 0.29) is 18.5 Å². The Morgan fingerprint density at radius 2 is 0.797 bits per heavy atom. The van der Waals surface area contributed by atoms with Crippen LogP contribution in [0.1, 0.15) is 277 Å². The third-order valence-corrected chi connectivity index (χ3v) is 12.0. The molecule has 0 fully saturated rings. The van der Waals surface area contributed by atoms with Gasteiger partial charge >= 0.3 is 5.97 Å². The van der Waals surface area contributed by atoms with Crippen LogP contribution in [0.4, 0.5) is 0 Å². The van der Waals surface area contributed by atoms with Gasteiger partial charge in [0.1, 0.15) is 0 Å². The van der Waals surface area contributed by atoms with Crippen molar-refractivity contribution in [3.8, 4) is 0 Å². The standard InChI is InChI=1S/C53H101NO5/c1-3-5-7-9-11-13-15-17-19-23-27-31-35-39-43-47-53(58)59-48-44-40-36-32-28-24-21-18-20-22-26-30-34-38-42-46-52(57)54-50(49-55)51(56)45-41-37-33-29-25-16-14-12-10-8-6-4-2/h21,24,41,45,50-51,55-56H,3-20,22-23,25-40,42-44,46-49H2,1-2H3,(H,54,57)/b24-21-,45-41+. The Bertz CT molecular complexity index is 920. The van der Waals surface area contributed by atoms with Crippen molar-refractivity contribution in [3.05, 3.63) is 24.3 Å². The molecule has 3 N–H and O–H groups in total. The van der Waals surface area contributed by atoms with Gasteiger partial charge in [-0.1, -0.05) is 231 Å². The maximum Gasteiger partial charge on any atom is 0.305 e. The van der Waals surface area contributed by atoms with E-state index in [0.29, 0.717) is 19.4 Å². The topological polar surface area (TPSA) is 95.9 Å². The first kappa shape index (κ1) is 57.3. The molecule has 0 aromatic heterocycles. The Morgan fingerprint density at radius 1 is 0.458 bits per heavy atom. The molecule has 0 aromatic carbocycles. The summed E-state index contributed by atoms with van der Waals surface area (Å²) in [6, 6.07) is -0.637. The molecule has 0 aliphatic rings. The zero-order valence-electron chi connectivity index (χ0n) is 39.5. The monoisotopic (exact) mass is 832 g/mol. The molecular formula is C53H101NO5. The van der Waals surface area contributed by atoms with Gasteiger partial charge in [0.05, 0.1) is 25.4 Å². The zero-order valence-corrected chi connectivity index (χ0v) is 39.5. The highest BCUT2D eigenvalue weighted by molar-refractivity contribution is 5.76. The van der Waals surface area contributed by atoms with Crippen molar-refractivity contribution in [2.45, 2.75) is 289 Å². The maximum atomic E-state index is 12.4. The highest BCUT2D eigenvalue weighted by atomic mass is 16.5. The number of unbranched alkanes of at least 4 members (excludes halogenated alkanes) is 35. The van der Waals surface area contributed by atoms with Crippen molar-refractivity contribution in [2.75, 3.05) is 13.2 Å². The second kappa shape index (κ2) is 49.0. The molecule has 0 aromatic rings. The van der Waals surface area contributed by atoms with Crippen molar-refractivity contribution in [1.29, 1.82) is 0 Å². The number of esters is 1. The molecule has 6 nitrogen and oxygen atoms in total. The number of hydrogen-bond acceptors (Lipinski definition) is 5. The van der Waals surface area contributed by atoms with Gasteiger partial charge in [0.2, 0.25) is 5.91 Å². The molecule has 6 heteroatoms. The summed E-state index contributed by atoms with van der Waals surface area (Å²) in [4.78, 5) is 24.4. The molecule has 0 saturated carbocycles. The Labute approximate surface area is 367 Å². The Morgan fingerprint density at radius 3 is 1.20 bits per heavy atom. The minimum atomic E-state index is -0.852. The largest absolute Gasteiger partial charge is 0.466 e. The predicted octanol–water partition coefficient (Wildman–Crippen LogP) is 15.5. The molecule has 2 unspecified atom stereocenters. The molecular weight excluding hydrogens is 731 g/mol. The van der Waals surface area contributed by atoms with Crippen LogP contribution in [0.3, 0.4) is 0 Å². The van der Waals surface area contributed by atoms with Crippen LogP contribution in [-0.2, 0) is 14.3 Å². The summed E-state index contributed by atoms with van der Waals surface area (Å²) in [6.45, 7) is 4.86. The van der Waals surface area contributed by atoms with E-state index >= 15 is 0 Å². The van der Waals surface area contributed by atoms with E-state index in [0.717, 1.165) is 70.6 Å². The Kier molecular flexibility index (Phi) is 47.6. The molecule has 0 aliphatic carbocycles. The first-order valence-electron chi connectivity index (χ1n) is 26.1. The number of ether oxygens (including phenoxy) is 1. The van der Waals surface area contributed by atoms with Crippen LogP contribution >= 0.6 is 0 Å². The number of allylic oxidation sites excluding steroid dienone is 3. The van der Waals surface area contributed by atoms with Gasteiger partial charge in [0, 0.05) is 12.8 Å². The molecule has 2 atom stereocenters. The third kappa shape index (κ3) is 45.7. The first-order chi connectivity index (χ1) is 29.0. The quantitative estimate of drug-likeness (QED) is 0.0322. The van der Waals surface area contributed by atoms with Crippen LogP contribution in [0.25, 0.3) is 0 Å². The fourth-order valence-electron chi connectivity index (χ4n) is 7.92. The number of rotatable bonds is 48. The normalized spacial score (nSPS) is 12.8. The molecule has 0 heterocycles. The van der Waals surface area contributed by atoms with Crippen molar-refractivity contribution < 1.29 is 24.5 Å². The SMILES string of the molecule is CCCCCCCCCCCC/C=C/C(O)C(CO)NC(=O)CCCCCCCCC/C=C\CCCCCCOC(=O)CCCCCCCCCCCCCCCCC. The number of aliphatic hydroxyl groups is 2. The van der Waals surface area contributed by atoms with Gasteiger partial charge in [0.25, 0.3) is 0 Å². The molecule has 0 saturated heterocycles. The van der Waals surface area contributed by atoms with Crippen LogP contribution in [0.2, 0.25) is 0 Å². The number of nitrogens with one attached hydrogen (secondary N) is 1. The predicted molar refractivity (Wildman–Crippen MR) is 255 cm³/mol. The van der Waals surface area contributed by atoms with Crippen LogP contribution in [0.15, 0.2) is 24.3 Å². The summed E-state index contributed by atoms with van der Waals surface area (Å²) in [5, 5.41) is 23.0. The lowest BCUT2D eigenvalue weighted by Gasteiger charge is -2.20. The number of aliphatic hydroxyl groups excluding tert-OH is 2. The summed E-state index contributed by atoms with van der Waals surface area (Å²) in [6.07, 6.45) is 57.5. The average molecular weight is 832 g/mol. The smallest absolute Gasteiger partial charge is 0.305 e. The second-order valence-corrected chi connectivity index (χ2v) is 17.9. The van der Waals surface area contributed by atoms with Crippen LogP contribution in [-0.4, -0.2) is 47.4 Å². The van der Waals surface area contributed by atoms with Gasteiger partial charge in [0.15, 0.2) is 0 Å². The molecule has 0 rings (SSSR count). The second-order valence-electron chi connectivity index (χ2n) is 17.9. The van der Waals surface area contributed by atoms with Gasteiger partial charge in [-0.3, -0.25) is 9.59 Å². The lowest BCUT2D eigenvalue weighted by Crippen LogP contribution is -2.45. The lowest BCUT2D eigenvalue weighted by atomic mass is 10.0. The van der Waals surface area contributed by atoms with Crippen molar-refractivity contribution in [3.63, 3.8) is 0 Å². The fraction of sp³-hybridized carbons (Fsp3) is 0.887.